The van der Waals surface area contributed by atoms with Crippen LogP contribution in [0.15, 0.2) is 23.1 Å². The van der Waals surface area contributed by atoms with Crippen LogP contribution in [0.25, 0.3) is 0 Å². The lowest BCUT2D eigenvalue weighted by molar-refractivity contribution is 0.334. The van der Waals surface area contributed by atoms with Gasteiger partial charge in [-0.25, -0.2) is 8.42 Å². The Kier molecular flexibility index (Phi) is 6.11. The molecule has 2 saturated heterocycles. The lowest BCUT2D eigenvalue weighted by Crippen LogP contribution is -2.42. The fourth-order valence-corrected chi connectivity index (χ4v) is 5.84. The normalized spacial score (nSPS) is 25.0. The molecule has 130 valence electrons. The van der Waals surface area contributed by atoms with E-state index in [0.717, 1.165) is 50.8 Å². The smallest absolute Gasteiger partial charge is 0.243 e. The van der Waals surface area contributed by atoms with Crippen LogP contribution in [0.4, 0.5) is 0 Å². The zero-order valence-electron chi connectivity index (χ0n) is 13.9. The van der Waals surface area contributed by atoms with Crippen molar-refractivity contribution in [2.45, 2.75) is 62.9 Å². The lowest BCUT2D eigenvalue weighted by atomic mass is 10.0. The van der Waals surface area contributed by atoms with Gasteiger partial charge in [0.2, 0.25) is 10.0 Å². The minimum absolute atomic E-state index is 0. The van der Waals surface area contributed by atoms with Gasteiger partial charge in [0, 0.05) is 18.6 Å². The van der Waals surface area contributed by atoms with Gasteiger partial charge in [-0.05, 0) is 61.9 Å². The molecule has 3 rings (SSSR count). The minimum atomic E-state index is -3.39. The maximum Gasteiger partial charge on any atom is 0.243 e. The molecule has 4 nitrogen and oxygen atoms in total. The SMILES string of the molecule is CCc1ccc(S(=O)(=O)N2C3CCNCC2CC3)cc1CC.Cl. The number of nitrogens with zero attached hydrogens (tertiary/aromatic N) is 1. The molecule has 23 heavy (non-hydrogen) atoms. The fourth-order valence-electron chi connectivity index (χ4n) is 3.89. The average molecular weight is 359 g/mol. The van der Waals surface area contributed by atoms with Crippen LogP contribution in [0.2, 0.25) is 0 Å². The number of benzene rings is 1. The molecule has 0 saturated carbocycles. The molecule has 2 aliphatic heterocycles. The second kappa shape index (κ2) is 7.51. The molecule has 2 atom stereocenters. The number of nitrogens with one attached hydrogen (secondary N) is 1. The van der Waals surface area contributed by atoms with Crippen molar-refractivity contribution in [1.29, 1.82) is 0 Å². The van der Waals surface area contributed by atoms with Gasteiger partial charge >= 0.3 is 0 Å². The first-order chi connectivity index (χ1) is 10.6. The summed E-state index contributed by atoms with van der Waals surface area (Å²) in [5.74, 6) is 0. The van der Waals surface area contributed by atoms with E-state index in [2.05, 4.69) is 19.2 Å². The number of fused-ring (bicyclic) bond motifs is 2. The van der Waals surface area contributed by atoms with Crippen molar-refractivity contribution in [2.24, 2.45) is 0 Å². The Morgan fingerprint density at radius 3 is 2.48 bits per heavy atom. The highest BCUT2D eigenvalue weighted by Gasteiger charge is 2.43. The summed E-state index contributed by atoms with van der Waals surface area (Å²) in [6, 6.07) is 5.97. The summed E-state index contributed by atoms with van der Waals surface area (Å²) in [7, 11) is -3.39. The Labute approximate surface area is 146 Å². The number of sulfonamides is 1. The molecular weight excluding hydrogens is 332 g/mol. The van der Waals surface area contributed by atoms with E-state index in [1.165, 1.54) is 5.56 Å². The molecule has 0 amide bonds. The summed E-state index contributed by atoms with van der Waals surface area (Å²) in [6.45, 7) is 5.90. The lowest BCUT2D eigenvalue weighted by Gasteiger charge is -2.27. The molecular formula is C17H27ClN2O2S. The van der Waals surface area contributed by atoms with Gasteiger partial charge in [-0.2, -0.15) is 4.31 Å². The standard InChI is InChI=1S/C17H26N2O2S.ClH/c1-3-13-5-8-17(11-14(13)4-2)22(20,21)19-15-6-7-16(19)12-18-10-9-15;/h5,8,11,15-16,18H,3-4,6-7,9-10,12H2,1-2H3;1H. The first-order valence-corrected chi connectivity index (χ1v) is 9.88. The van der Waals surface area contributed by atoms with Crippen molar-refractivity contribution in [2.75, 3.05) is 13.1 Å². The van der Waals surface area contributed by atoms with Crippen molar-refractivity contribution in [3.05, 3.63) is 29.3 Å². The highest BCUT2D eigenvalue weighted by Crippen LogP contribution is 2.34. The summed E-state index contributed by atoms with van der Waals surface area (Å²) in [4.78, 5) is 0.473. The zero-order chi connectivity index (χ0) is 15.7. The molecule has 2 fully saturated rings. The second-order valence-corrected chi connectivity index (χ2v) is 8.19. The molecule has 1 aromatic carbocycles. The highest BCUT2D eigenvalue weighted by atomic mass is 35.5. The Morgan fingerprint density at radius 2 is 1.78 bits per heavy atom. The predicted molar refractivity (Wildman–Crippen MR) is 95.8 cm³/mol. The first kappa shape index (κ1) is 18.7. The van der Waals surface area contributed by atoms with E-state index in [1.807, 2.05) is 12.1 Å². The summed E-state index contributed by atoms with van der Waals surface area (Å²) in [5, 5.41) is 3.37. The molecule has 0 aliphatic carbocycles. The summed E-state index contributed by atoms with van der Waals surface area (Å²) >= 11 is 0. The van der Waals surface area contributed by atoms with Crippen molar-refractivity contribution in [1.82, 2.24) is 9.62 Å². The van der Waals surface area contributed by atoms with E-state index in [-0.39, 0.29) is 24.5 Å². The van der Waals surface area contributed by atoms with E-state index in [0.29, 0.717) is 4.90 Å². The number of rotatable bonds is 4. The third kappa shape index (κ3) is 3.43. The van der Waals surface area contributed by atoms with E-state index in [1.54, 1.807) is 10.4 Å². The third-order valence-corrected chi connectivity index (χ3v) is 7.10. The summed E-state index contributed by atoms with van der Waals surface area (Å²) < 4.78 is 28.1. The van der Waals surface area contributed by atoms with Crippen molar-refractivity contribution < 1.29 is 8.42 Å². The van der Waals surface area contributed by atoms with Crippen LogP contribution in [0.3, 0.4) is 0 Å². The molecule has 6 heteroatoms. The van der Waals surface area contributed by atoms with Gasteiger partial charge in [0.1, 0.15) is 0 Å². The van der Waals surface area contributed by atoms with Gasteiger partial charge in [-0.3, -0.25) is 0 Å². The zero-order valence-corrected chi connectivity index (χ0v) is 15.5. The third-order valence-electron chi connectivity index (χ3n) is 5.10. The van der Waals surface area contributed by atoms with Crippen LogP contribution in [0, 0.1) is 0 Å². The Morgan fingerprint density at radius 1 is 1.09 bits per heavy atom. The number of aryl methyl sites for hydroxylation is 2. The van der Waals surface area contributed by atoms with E-state index in [4.69, 9.17) is 0 Å². The Balaban J connectivity index is 0.00000192. The van der Waals surface area contributed by atoms with Crippen molar-refractivity contribution >= 4 is 22.4 Å². The fraction of sp³-hybridized carbons (Fsp3) is 0.647. The van der Waals surface area contributed by atoms with Gasteiger partial charge in [0.15, 0.2) is 0 Å². The van der Waals surface area contributed by atoms with Gasteiger partial charge in [0.25, 0.3) is 0 Å². The van der Waals surface area contributed by atoms with Gasteiger partial charge < -0.3 is 5.32 Å². The monoisotopic (exact) mass is 358 g/mol. The van der Waals surface area contributed by atoms with E-state index < -0.39 is 10.0 Å². The molecule has 1 N–H and O–H groups in total. The number of hydrogen-bond donors (Lipinski definition) is 1. The van der Waals surface area contributed by atoms with Crippen LogP contribution < -0.4 is 5.32 Å². The van der Waals surface area contributed by atoms with Gasteiger partial charge in [0.05, 0.1) is 4.90 Å². The molecule has 0 radical (unpaired) electrons. The van der Waals surface area contributed by atoms with Gasteiger partial charge in [-0.1, -0.05) is 19.9 Å². The quantitative estimate of drug-likeness (QED) is 0.900. The van der Waals surface area contributed by atoms with Gasteiger partial charge in [-0.15, -0.1) is 12.4 Å². The van der Waals surface area contributed by atoms with Crippen LogP contribution in [-0.4, -0.2) is 37.9 Å². The minimum Gasteiger partial charge on any atom is -0.315 e. The molecule has 2 bridgehead atoms. The van der Waals surface area contributed by atoms with Crippen molar-refractivity contribution in [3.63, 3.8) is 0 Å². The van der Waals surface area contributed by atoms with Crippen LogP contribution in [0.5, 0.6) is 0 Å². The topological polar surface area (TPSA) is 49.4 Å². The molecule has 2 unspecified atom stereocenters. The maximum atomic E-state index is 13.2. The molecule has 0 aromatic heterocycles. The highest BCUT2D eigenvalue weighted by molar-refractivity contribution is 7.89. The van der Waals surface area contributed by atoms with Crippen LogP contribution in [-0.2, 0) is 22.9 Å². The Hall–Kier alpha value is -0.620. The number of halogens is 1. The largest absolute Gasteiger partial charge is 0.315 e. The molecule has 0 spiro atoms. The number of hydrogen-bond acceptors (Lipinski definition) is 3. The molecule has 1 aromatic rings. The maximum absolute atomic E-state index is 13.2. The molecule has 2 heterocycles. The first-order valence-electron chi connectivity index (χ1n) is 8.44. The van der Waals surface area contributed by atoms with Crippen LogP contribution >= 0.6 is 12.4 Å². The van der Waals surface area contributed by atoms with Crippen LogP contribution in [0.1, 0.15) is 44.2 Å². The Bertz CT molecular complexity index is 634. The average Bonchev–Trinajstić information content (AvgIpc) is 2.80. The van der Waals surface area contributed by atoms with E-state index in [9.17, 15) is 8.42 Å². The van der Waals surface area contributed by atoms with E-state index >= 15 is 0 Å². The predicted octanol–water partition coefficient (Wildman–Crippen LogP) is 2.75. The summed E-state index contributed by atoms with van der Waals surface area (Å²) in [5.41, 5.74) is 2.41. The summed E-state index contributed by atoms with van der Waals surface area (Å²) in [6.07, 6.45) is 4.72. The second-order valence-electron chi connectivity index (χ2n) is 6.35. The molecule has 2 aliphatic rings. The van der Waals surface area contributed by atoms with Crippen molar-refractivity contribution in [3.8, 4) is 0 Å².